The summed E-state index contributed by atoms with van der Waals surface area (Å²) in [6.45, 7) is 2.09. The molecule has 1 aliphatic rings. The summed E-state index contributed by atoms with van der Waals surface area (Å²) >= 11 is 0. The molecule has 0 aliphatic carbocycles. The van der Waals surface area contributed by atoms with E-state index in [0.717, 1.165) is 17.7 Å². The summed E-state index contributed by atoms with van der Waals surface area (Å²) in [5.41, 5.74) is 3.43. The lowest BCUT2D eigenvalue weighted by molar-refractivity contribution is -0.129. The molecule has 0 amide bonds. The molecular formula is C18H18N2O2. The Morgan fingerprint density at radius 3 is 2.55 bits per heavy atom. The molecule has 0 saturated carbocycles. The number of carboxylic acids is 1. The van der Waals surface area contributed by atoms with E-state index in [1.54, 1.807) is 0 Å². The molecule has 4 heteroatoms. The van der Waals surface area contributed by atoms with E-state index in [2.05, 4.69) is 18.1 Å². The van der Waals surface area contributed by atoms with Gasteiger partial charge in [0.25, 0.3) is 0 Å². The minimum absolute atomic E-state index is 0.0694. The van der Waals surface area contributed by atoms with Crippen LogP contribution in [0.5, 0.6) is 0 Å². The molecule has 0 aromatic heterocycles. The highest BCUT2D eigenvalue weighted by molar-refractivity contribution is 6.36. The summed E-state index contributed by atoms with van der Waals surface area (Å²) in [4.78, 5) is 11.4. The van der Waals surface area contributed by atoms with Crippen LogP contribution < -0.4 is 5.01 Å². The Balaban J connectivity index is 2.05. The van der Waals surface area contributed by atoms with E-state index in [1.165, 1.54) is 5.56 Å². The first-order valence-electron chi connectivity index (χ1n) is 7.43. The van der Waals surface area contributed by atoms with Gasteiger partial charge in [0.1, 0.15) is 5.71 Å². The third kappa shape index (κ3) is 2.60. The van der Waals surface area contributed by atoms with Crippen LogP contribution in [0.4, 0.5) is 5.69 Å². The van der Waals surface area contributed by atoms with Crippen molar-refractivity contribution in [3.8, 4) is 0 Å². The maximum atomic E-state index is 11.4. The Kier molecular flexibility index (Phi) is 3.92. The van der Waals surface area contributed by atoms with Crippen LogP contribution in [-0.4, -0.2) is 16.8 Å². The van der Waals surface area contributed by atoms with Crippen LogP contribution in [-0.2, 0) is 11.2 Å². The number of aliphatic carboxylic acids is 1. The molecule has 1 unspecified atom stereocenters. The highest BCUT2D eigenvalue weighted by Crippen LogP contribution is 2.36. The van der Waals surface area contributed by atoms with Crippen LogP contribution in [0.1, 0.15) is 30.5 Å². The third-order valence-corrected chi connectivity index (χ3v) is 3.96. The zero-order valence-electron chi connectivity index (χ0n) is 12.4. The van der Waals surface area contributed by atoms with Crippen molar-refractivity contribution < 1.29 is 9.90 Å². The summed E-state index contributed by atoms with van der Waals surface area (Å²) in [5.74, 6) is -0.947. The van der Waals surface area contributed by atoms with Gasteiger partial charge in [-0.25, -0.2) is 4.79 Å². The van der Waals surface area contributed by atoms with E-state index >= 15 is 0 Å². The van der Waals surface area contributed by atoms with Gasteiger partial charge in [-0.15, -0.1) is 0 Å². The van der Waals surface area contributed by atoms with E-state index in [4.69, 9.17) is 0 Å². The molecule has 0 fully saturated rings. The van der Waals surface area contributed by atoms with Crippen molar-refractivity contribution in [3.63, 3.8) is 0 Å². The average molecular weight is 294 g/mol. The molecule has 1 atom stereocenters. The van der Waals surface area contributed by atoms with Gasteiger partial charge in [0.2, 0.25) is 0 Å². The topological polar surface area (TPSA) is 52.9 Å². The molecule has 0 radical (unpaired) electrons. The maximum absolute atomic E-state index is 11.4. The van der Waals surface area contributed by atoms with E-state index in [0.29, 0.717) is 6.42 Å². The minimum atomic E-state index is -0.947. The van der Waals surface area contributed by atoms with Crippen molar-refractivity contribution >= 4 is 17.4 Å². The number of nitrogens with zero attached hydrogens (tertiary/aromatic N) is 2. The molecule has 0 bridgehead atoms. The van der Waals surface area contributed by atoms with Gasteiger partial charge in [-0.05, 0) is 23.6 Å². The van der Waals surface area contributed by atoms with E-state index in [9.17, 15) is 9.90 Å². The van der Waals surface area contributed by atoms with Crippen molar-refractivity contribution in [2.75, 3.05) is 5.01 Å². The number of hydrogen-bond acceptors (Lipinski definition) is 3. The van der Waals surface area contributed by atoms with E-state index in [-0.39, 0.29) is 11.8 Å². The van der Waals surface area contributed by atoms with Gasteiger partial charge in [0, 0.05) is 6.42 Å². The first-order chi connectivity index (χ1) is 10.7. The lowest BCUT2D eigenvalue weighted by Gasteiger charge is -2.25. The number of rotatable bonds is 4. The van der Waals surface area contributed by atoms with Gasteiger partial charge in [0.05, 0.1) is 11.7 Å². The summed E-state index contributed by atoms with van der Waals surface area (Å²) < 4.78 is 0. The van der Waals surface area contributed by atoms with E-state index < -0.39 is 5.97 Å². The molecule has 112 valence electrons. The van der Waals surface area contributed by atoms with Crippen LogP contribution in [0, 0.1) is 0 Å². The minimum Gasteiger partial charge on any atom is -0.477 e. The molecule has 2 aromatic rings. The normalized spacial score (nSPS) is 17.4. The predicted molar refractivity (Wildman–Crippen MR) is 87.2 cm³/mol. The Morgan fingerprint density at radius 1 is 1.18 bits per heavy atom. The van der Waals surface area contributed by atoms with Gasteiger partial charge in [0.15, 0.2) is 0 Å². The van der Waals surface area contributed by atoms with Crippen LogP contribution in [0.25, 0.3) is 0 Å². The number of anilines is 1. The average Bonchev–Trinajstić information content (AvgIpc) is 3.01. The fraction of sp³-hybridized carbons (Fsp3) is 0.222. The van der Waals surface area contributed by atoms with Crippen LogP contribution in [0.15, 0.2) is 59.7 Å². The summed E-state index contributed by atoms with van der Waals surface area (Å²) in [5, 5.41) is 15.5. The van der Waals surface area contributed by atoms with Gasteiger partial charge in [-0.1, -0.05) is 55.5 Å². The number of aryl methyl sites for hydroxylation is 1. The molecule has 1 aliphatic heterocycles. The number of para-hydroxylation sites is 1. The second-order valence-electron chi connectivity index (χ2n) is 5.31. The highest BCUT2D eigenvalue weighted by atomic mass is 16.4. The smallest absolute Gasteiger partial charge is 0.352 e. The molecule has 0 spiro atoms. The fourth-order valence-electron chi connectivity index (χ4n) is 2.83. The first-order valence-corrected chi connectivity index (χ1v) is 7.43. The predicted octanol–water partition coefficient (Wildman–Crippen LogP) is 3.64. The molecule has 1 heterocycles. The number of carboxylic acid groups (broad SMARTS) is 1. The Morgan fingerprint density at radius 2 is 1.86 bits per heavy atom. The molecule has 22 heavy (non-hydrogen) atoms. The second-order valence-corrected chi connectivity index (χ2v) is 5.31. The third-order valence-electron chi connectivity index (χ3n) is 3.96. The Labute approximate surface area is 129 Å². The van der Waals surface area contributed by atoms with Gasteiger partial charge < -0.3 is 5.11 Å². The van der Waals surface area contributed by atoms with Crippen molar-refractivity contribution in [1.82, 2.24) is 0 Å². The summed E-state index contributed by atoms with van der Waals surface area (Å²) in [7, 11) is 0. The number of hydrazone groups is 1. The van der Waals surface area contributed by atoms with Crippen molar-refractivity contribution in [3.05, 3.63) is 65.7 Å². The number of carbonyl (C=O) groups is 1. The number of hydrogen-bond donors (Lipinski definition) is 1. The largest absolute Gasteiger partial charge is 0.477 e. The lowest BCUT2D eigenvalue weighted by Crippen LogP contribution is -2.19. The van der Waals surface area contributed by atoms with Crippen molar-refractivity contribution in [2.24, 2.45) is 5.10 Å². The molecule has 3 rings (SSSR count). The lowest BCUT2D eigenvalue weighted by atomic mass is 10.0. The zero-order chi connectivity index (χ0) is 15.5. The molecule has 0 saturated heterocycles. The molecular weight excluding hydrogens is 276 g/mol. The van der Waals surface area contributed by atoms with Gasteiger partial charge in [-0.2, -0.15) is 5.10 Å². The monoisotopic (exact) mass is 294 g/mol. The maximum Gasteiger partial charge on any atom is 0.352 e. The molecule has 1 N–H and O–H groups in total. The first kappa shape index (κ1) is 14.3. The standard InChI is InChI=1S/C18H18N2O2/c1-2-13-8-6-7-11-16(13)20-17(12-15(19-20)18(21)22)14-9-4-3-5-10-14/h3-11,17H,2,12H2,1H3,(H,21,22). The van der Waals surface area contributed by atoms with Crippen LogP contribution in [0.2, 0.25) is 0 Å². The number of benzene rings is 2. The highest BCUT2D eigenvalue weighted by Gasteiger charge is 2.32. The second kappa shape index (κ2) is 6.02. The van der Waals surface area contributed by atoms with Crippen LogP contribution in [0.3, 0.4) is 0 Å². The van der Waals surface area contributed by atoms with Crippen molar-refractivity contribution in [2.45, 2.75) is 25.8 Å². The summed E-state index contributed by atoms with van der Waals surface area (Å²) in [6, 6.07) is 17.9. The quantitative estimate of drug-likeness (QED) is 0.936. The molecule has 4 nitrogen and oxygen atoms in total. The zero-order valence-corrected chi connectivity index (χ0v) is 12.4. The SMILES string of the molecule is CCc1ccccc1N1N=C(C(=O)O)CC1c1ccccc1. The van der Waals surface area contributed by atoms with Gasteiger partial charge in [-0.3, -0.25) is 5.01 Å². The summed E-state index contributed by atoms with van der Waals surface area (Å²) in [6.07, 6.45) is 1.30. The Hall–Kier alpha value is -2.62. The van der Waals surface area contributed by atoms with Gasteiger partial charge >= 0.3 is 5.97 Å². The van der Waals surface area contributed by atoms with Crippen LogP contribution >= 0.6 is 0 Å². The molecule has 2 aromatic carbocycles. The van der Waals surface area contributed by atoms with E-state index in [1.807, 2.05) is 53.5 Å². The van der Waals surface area contributed by atoms with Crippen molar-refractivity contribution in [1.29, 1.82) is 0 Å². The Bertz CT molecular complexity index is 710. The fourth-order valence-corrected chi connectivity index (χ4v) is 2.83.